The van der Waals surface area contributed by atoms with Crippen molar-refractivity contribution in [2.75, 3.05) is 10.2 Å². The van der Waals surface area contributed by atoms with E-state index in [4.69, 9.17) is 39.5 Å². The van der Waals surface area contributed by atoms with Crippen molar-refractivity contribution in [1.29, 1.82) is 0 Å². The standard InChI is InChI=1S/C28H16Cl3N3O7/c1-13(25(35)32-22-12-20(30)19(29)11-21(22)31)41-28(38)14-5-7-15(8-6-14)33-26(36)17-4-2-3-16-23(34(39)40)10-9-18(24(16)17)27(33)37/h2-13H,1H3,(H,32,35). The summed E-state index contributed by atoms with van der Waals surface area (Å²) in [6, 6.07) is 15.2. The highest BCUT2D eigenvalue weighted by Gasteiger charge is 2.35. The third kappa shape index (κ3) is 5.08. The molecule has 13 heteroatoms. The number of amides is 3. The van der Waals surface area contributed by atoms with Crippen LogP contribution in [0.1, 0.15) is 38.0 Å². The van der Waals surface area contributed by atoms with E-state index in [1.165, 1.54) is 73.7 Å². The van der Waals surface area contributed by atoms with Crippen molar-refractivity contribution in [2.45, 2.75) is 13.0 Å². The average Bonchev–Trinajstić information content (AvgIpc) is 2.94. The van der Waals surface area contributed by atoms with E-state index in [9.17, 15) is 29.3 Å². The summed E-state index contributed by atoms with van der Waals surface area (Å²) in [5, 5.41) is 14.9. The maximum absolute atomic E-state index is 13.3. The zero-order chi connectivity index (χ0) is 29.6. The summed E-state index contributed by atoms with van der Waals surface area (Å²) in [4.78, 5) is 63.7. The van der Waals surface area contributed by atoms with E-state index in [1.807, 2.05) is 0 Å². The molecule has 0 fully saturated rings. The number of hydrogen-bond acceptors (Lipinski definition) is 7. The number of carbonyl (C=O) groups excluding carboxylic acids is 4. The highest BCUT2D eigenvalue weighted by molar-refractivity contribution is 6.44. The topological polar surface area (TPSA) is 136 Å². The second-order valence-electron chi connectivity index (χ2n) is 8.89. The summed E-state index contributed by atoms with van der Waals surface area (Å²) in [5.74, 6) is -2.85. The molecular formula is C28H16Cl3N3O7. The molecule has 0 bridgehead atoms. The minimum absolute atomic E-state index is 0.0519. The summed E-state index contributed by atoms with van der Waals surface area (Å²) < 4.78 is 5.25. The van der Waals surface area contributed by atoms with E-state index in [1.54, 1.807) is 0 Å². The summed E-state index contributed by atoms with van der Waals surface area (Å²) in [6.45, 7) is 1.36. The van der Waals surface area contributed by atoms with Crippen LogP contribution in [0.5, 0.6) is 0 Å². The van der Waals surface area contributed by atoms with Gasteiger partial charge in [0.25, 0.3) is 23.4 Å². The number of nitrogens with zero attached hydrogens (tertiary/aromatic N) is 2. The molecule has 0 saturated carbocycles. The molecule has 10 nitrogen and oxygen atoms in total. The lowest BCUT2D eigenvalue weighted by Gasteiger charge is -2.27. The number of hydrogen-bond donors (Lipinski definition) is 1. The third-order valence-electron chi connectivity index (χ3n) is 6.36. The summed E-state index contributed by atoms with van der Waals surface area (Å²) in [6.07, 6.45) is -1.22. The zero-order valence-electron chi connectivity index (χ0n) is 20.8. The number of ether oxygens (including phenoxy) is 1. The van der Waals surface area contributed by atoms with Crippen molar-refractivity contribution >= 4 is 86.3 Å². The van der Waals surface area contributed by atoms with Gasteiger partial charge in [0.2, 0.25) is 0 Å². The van der Waals surface area contributed by atoms with Crippen molar-refractivity contribution < 1.29 is 28.8 Å². The van der Waals surface area contributed by atoms with Crippen LogP contribution in [-0.2, 0) is 9.53 Å². The Kier molecular flexibility index (Phi) is 7.39. The first kappa shape index (κ1) is 28.0. The number of halogens is 3. The number of nitro benzene ring substituents is 1. The smallest absolute Gasteiger partial charge is 0.338 e. The van der Waals surface area contributed by atoms with Gasteiger partial charge in [-0.15, -0.1) is 0 Å². The molecule has 0 aromatic heterocycles. The van der Waals surface area contributed by atoms with Gasteiger partial charge < -0.3 is 10.1 Å². The lowest BCUT2D eigenvalue weighted by Crippen LogP contribution is -2.40. The van der Waals surface area contributed by atoms with Gasteiger partial charge in [-0.25, -0.2) is 9.69 Å². The molecule has 1 atom stereocenters. The summed E-state index contributed by atoms with van der Waals surface area (Å²) in [5.41, 5.74) is 0.442. The molecule has 1 N–H and O–H groups in total. The molecule has 1 aliphatic rings. The van der Waals surface area contributed by atoms with Crippen LogP contribution in [0.15, 0.2) is 66.7 Å². The molecule has 1 unspecified atom stereocenters. The van der Waals surface area contributed by atoms with Gasteiger partial charge in [0.15, 0.2) is 6.10 Å². The second kappa shape index (κ2) is 10.8. The van der Waals surface area contributed by atoms with Crippen molar-refractivity contribution in [3.05, 3.63) is 109 Å². The second-order valence-corrected chi connectivity index (χ2v) is 10.1. The highest BCUT2D eigenvalue weighted by Crippen LogP contribution is 2.37. The average molecular weight is 613 g/mol. The van der Waals surface area contributed by atoms with Gasteiger partial charge in [0, 0.05) is 22.6 Å². The van der Waals surface area contributed by atoms with Crippen LogP contribution in [0, 0.1) is 10.1 Å². The number of non-ortho nitro benzene ring substituents is 1. The Bertz CT molecular complexity index is 1790. The molecule has 0 aliphatic carbocycles. The van der Waals surface area contributed by atoms with E-state index in [0.29, 0.717) is 0 Å². The zero-order valence-corrected chi connectivity index (χ0v) is 23.1. The lowest BCUT2D eigenvalue weighted by atomic mass is 9.92. The van der Waals surface area contributed by atoms with Crippen LogP contribution in [0.25, 0.3) is 10.8 Å². The Morgan fingerprint density at radius 3 is 2.20 bits per heavy atom. The van der Waals surface area contributed by atoms with Gasteiger partial charge >= 0.3 is 5.97 Å². The van der Waals surface area contributed by atoms with Gasteiger partial charge in [0.1, 0.15) is 0 Å². The fraction of sp³-hybridized carbons (Fsp3) is 0.0714. The van der Waals surface area contributed by atoms with Crippen LogP contribution >= 0.6 is 34.8 Å². The molecule has 1 aliphatic heterocycles. The lowest BCUT2D eigenvalue weighted by molar-refractivity contribution is -0.383. The molecule has 1 heterocycles. The number of anilines is 2. The number of imide groups is 1. The molecule has 0 saturated heterocycles. The first-order valence-corrected chi connectivity index (χ1v) is 13.0. The van der Waals surface area contributed by atoms with Crippen molar-refractivity contribution in [3.63, 3.8) is 0 Å². The molecule has 206 valence electrons. The number of carbonyl (C=O) groups is 4. The normalized spacial score (nSPS) is 13.2. The first-order chi connectivity index (χ1) is 19.5. The Hall–Kier alpha value is -4.51. The monoisotopic (exact) mass is 611 g/mol. The van der Waals surface area contributed by atoms with Crippen molar-refractivity contribution in [3.8, 4) is 0 Å². The number of rotatable bonds is 6. The van der Waals surface area contributed by atoms with Gasteiger partial charge in [-0.05, 0) is 61.5 Å². The molecule has 0 spiro atoms. The predicted molar refractivity (Wildman–Crippen MR) is 153 cm³/mol. The number of benzene rings is 4. The van der Waals surface area contributed by atoms with Gasteiger partial charge in [-0.3, -0.25) is 24.5 Å². The minimum Gasteiger partial charge on any atom is -0.449 e. The van der Waals surface area contributed by atoms with Gasteiger partial charge in [-0.2, -0.15) is 0 Å². The van der Waals surface area contributed by atoms with E-state index in [2.05, 4.69) is 5.32 Å². The SMILES string of the molecule is CC(OC(=O)c1ccc(N2C(=O)c3cccc4c([N+](=O)[O-])ccc(c34)C2=O)cc1)C(=O)Nc1cc(Cl)c(Cl)cc1Cl. The Labute approximate surface area is 246 Å². The fourth-order valence-electron chi connectivity index (χ4n) is 4.36. The predicted octanol–water partition coefficient (Wildman–Crippen LogP) is 6.69. The Balaban J connectivity index is 1.33. The molecule has 4 aromatic carbocycles. The Morgan fingerprint density at radius 1 is 0.902 bits per heavy atom. The molecular weight excluding hydrogens is 597 g/mol. The van der Waals surface area contributed by atoms with Crippen LogP contribution < -0.4 is 10.2 Å². The molecule has 5 rings (SSSR count). The van der Waals surface area contributed by atoms with Crippen LogP contribution in [0.2, 0.25) is 15.1 Å². The largest absolute Gasteiger partial charge is 0.449 e. The van der Waals surface area contributed by atoms with Gasteiger partial charge in [-0.1, -0.05) is 40.9 Å². The molecule has 4 aromatic rings. The maximum atomic E-state index is 13.3. The van der Waals surface area contributed by atoms with E-state index in [0.717, 1.165) is 4.90 Å². The van der Waals surface area contributed by atoms with E-state index in [-0.39, 0.29) is 59.6 Å². The molecule has 0 radical (unpaired) electrons. The Morgan fingerprint density at radius 2 is 1.54 bits per heavy atom. The molecule has 3 amide bonds. The molecule has 41 heavy (non-hydrogen) atoms. The number of esters is 1. The first-order valence-electron chi connectivity index (χ1n) is 11.8. The highest BCUT2D eigenvalue weighted by atomic mass is 35.5. The summed E-state index contributed by atoms with van der Waals surface area (Å²) >= 11 is 17.9. The van der Waals surface area contributed by atoms with E-state index >= 15 is 0 Å². The van der Waals surface area contributed by atoms with Crippen LogP contribution in [0.4, 0.5) is 17.1 Å². The van der Waals surface area contributed by atoms with Crippen LogP contribution in [-0.4, -0.2) is 34.7 Å². The fourth-order valence-corrected chi connectivity index (χ4v) is 4.95. The maximum Gasteiger partial charge on any atom is 0.338 e. The third-order valence-corrected chi connectivity index (χ3v) is 7.40. The van der Waals surface area contributed by atoms with Crippen molar-refractivity contribution in [2.24, 2.45) is 0 Å². The quantitative estimate of drug-likeness (QED) is 0.0842. The van der Waals surface area contributed by atoms with Crippen molar-refractivity contribution in [1.82, 2.24) is 0 Å². The van der Waals surface area contributed by atoms with Gasteiger partial charge in [0.05, 0.1) is 42.3 Å². The van der Waals surface area contributed by atoms with E-state index < -0.39 is 34.7 Å². The number of nitro groups is 1. The van der Waals surface area contributed by atoms with Crippen LogP contribution in [0.3, 0.4) is 0 Å². The summed E-state index contributed by atoms with van der Waals surface area (Å²) in [7, 11) is 0. The number of nitrogens with one attached hydrogen (secondary N) is 1. The minimum atomic E-state index is -1.22.